The second-order valence-corrected chi connectivity index (χ2v) is 21.9. The van der Waals surface area contributed by atoms with Gasteiger partial charge in [0.1, 0.15) is 0 Å². The van der Waals surface area contributed by atoms with Crippen LogP contribution in [0.2, 0.25) is 36.3 Å². The van der Waals surface area contributed by atoms with Gasteiger partial charge in [-0.3, -0.25) is 4.79 Å². The van der Waals surface area contributed by atoms with Gasteiger partial charge in [0.05, 0.1) is 24.2 Å². The highest BCUT2D eigenvalue weighted by Crippen LogP contribution is 2.37. The van der Waals surface area contributed by atoms with Gasteiger partial charge in [0, 0.05) is 12.5 Å². The number of carbonyl (C=O) groups excluding carboxylic acids is 1. The van der Waals surface area contributed by atoms with Crippen LogP contribution in [0.25, 0.3) is 0 Å². The molecule has 2 aliphatic heterocycles. The lowest BCUT2D eigenvalue weighted by molar-refractivity contribution is -0.119. The Hall–Kier alpha value is -0.286. The van der Waals surface area contributed by atoms with E-state index in [1.54, 1.807) is 0 Å². The fraction of sp³-hybridized carbons (Fsp3) is 0.913. The number of thiocarbonyl (C=S) groups is 1. The van der Waals surface area contributed by atoms with Crippen LogP contribution >= 0.6 is 12.2 Å². The minimum atomic E-state index is -1.65. The fourth-order valence-corrected chi connectivity index (χ4v) is 5.04. The van der Waals surface area contributed by atoms with Crippen LogP contribution in [-0.4, -0.2) is 52.8 Å². The molecule has 31 heavy (non-hydrogen) atoms. The van der Waals surface area contributed by atoms with Gasteiger partial charge in [-0.2, -0.15) is 0 Å². The van der Waals surface area contributed by atoms with Crippen molar-refractivity contribution >= 4 is 39.7 Å². The molecule has 0 aliphatic carbocycles. The highest BCUT2D eigenvalue weighted by molar-refractivity contribution is 7.80. The maximum Gasteiger partial charge on any atom is 0.220 e. The highest BCUT2D eigenvalue weighted by Gasteiger charge is 2.39. The largest absolute Gasteiger partial charge is 0.415 e. The van der Waals surface area contributed by atoms with E-state index in [-0.39, 0.29) is 24.4 Å². The number of hydrogen-bond donors (Lipinski definition) is 2. The van der Waals surface area contributed by atoms with E-state index in [4.69, 9.17) is 21.1 Å². The molecule has 0 unspecified atom stereocenters. The van der Waals surface area contributed by atoms with E-state index in [2.05, 4.69) is 78.4 Å². The lowest BCUT2D eigenvalue weighted by Gasteiger charge is -2.36. The van der Waals surface area contributed by atoms with Gasteiger partial charge < -0.3 is 19.5 Å². The van der Waals surface area contributed by atoms with Crippen LogP contribution in [-0.2, 0) is 13.6 Å². The topological polar surface area (TPSA) is 59.6 Å². The van der Waals surface area contributed by atoms with E-state index in [9.17, 15) is 4.79 Å². The Morgan fingerprint density at radius 2 is 1.23 bits per heavy atom. The SMILES string of the molecule is C.CC(C)(C)[Si](C)(C)OC[C@@H]1CCC(=O)N1.CC(C)(C)[Si](C)(C)OC[C@@H]1CCC(=S)N1. The first kappa shape index (κ1) is 30.7. The molecule has 0 aromatic heterocycles. The molecule has 0 spiro atoms. The normalized spacial score (nSPS) is 22.3. The summed E-state index contributed by atoms with van der Waals surface area (Å²) in [6, 6.07) is 0.693. The zero-order valence-corrected chi connectivity index (χ0v) is 23.8. The molecule has 5 nitrogen and oxygen atoms in total. The van der Waals surface area contributed by atoms with Crippen molar-refractivity contribution in [2.45, 2.75) is 123 Å². The molecule has 2 heterocycles. The molecule has 2 aliphatic rings. The van der Waals surface area contributed by atoms with Gasteiger partial charge in [0.25, 0.3) is 0 Å². The summed E-state index contributed by atoms with van der Waals surface area (Å²) in [7, 11) is -3.22. The molecule has 2 N–H and O–H groups in total. The van der Waals surface area contributed by atoms with E-state index >= 15 is 0 Å². The molecule has 0 radical (unpaired) electrons. The minimum absolute atomic E-state index is 0. The van der Waals surface area contributed by atoms with Gasteiger partial charge in [-0.25, -0.2) is 0 Å². The van der Waals surface area contributed by atoms with Gasteiger partial charge in [-0.05, 0) is 55.5 Å². The Kier molecular flexibility index (Phi) is 11.6. The molecule has 0 saturated carbocycles. The summed E-state index contributed by atoms with van der Waals surface area (Å²) in [4.78, 5) is 12.0. The maximum absolute atomic E-state index is 11.0. The van der Waals surface area contributed by atoms with Crippen molar-refractivity contribution in [1.82, 2.24) is 10.6 Å². The summed E-state index contributed by atoms with van der Waals surface area (Å²) >= 11 is 5.12. The van der Waals surface area contributed by atoms with Crippen molar-refractivity contribution in [3.63, 3.8) is 0 Å². The van der Waals surface area contributed by atoms with Crippen molar-refractivity contribution < 1.29 is 13.6 Å². The van der Waals surface area contributed by atoms with E-state index in [0.29, 0.717) is 24.1 Å². The second kappa shape index (κ2) is 11.7. The highest BCUT2D eigenvalue weighted by atomic mass is 32.1. The smallest absolute Gasteiger partial charge is 0.220 e. The summed E-state index contributed by atoms with van der Waals surface area (Å²) in [5.74, 6) is 0.166. The number of carbonyl (C=O) groups is 1. The standard InChI is InChI=1S/C11H23NO2Si.C11H23NOSSi.CH4/c1-11(2,3)15(4,5)14-8-9-6-7-10(13)12-9;1-11(2,3)15(4,5)13-8-9-6-7-10(14)12-9;/h9H,6-8H2,1-5H3,(H,12,13);9H,6-8H2,1-5H3,(H,12,14);1H4/t2*9-;/m00./s1. The number of amides is 1. The third-order valence-corrected chi connectivity index (χ3v) is 16.4. The van der Waals surface area contributed by atoms with Crippen molar-refractivity contribution in [2.75, 3.05) is 13.2 Å². The third kappa shape index (κ3) is 10.0. The predicted octanol–water partition coefficient (Wildman–Crippen LogP) is 6.01. The Morgan fingerprint density at radius 1 is 0.839 bits per heavy atom. The Bertz CT molecular complexity index is 547. The zero-order chi connectivity index (χ0) is 23.4. The Labute approximate surface area is 200 Å². The van der Waals surface area contributed by atoms with E-state index in [1.807, 2.05) is 0 Å². The van der Waals surface area contributed by atoms with Gasteiger partial charge in [-0.15, -0.1) is 0 Å². The van der Waals surface area contributed by atoms with E-state index in [1.165, 1.54) is 0 Å². The predicted molar refractivity (Wildman–Crippen MR) is 143 cm³/mol. The van der Waals surface area contributed by atoms with Gasteiger partial charge in [0.2, 0.25) is 5.91 Å². The Balaban J connectivity index is 0.000000562. The van der Waals surface area contributed by atoms with Gasteiger partial charge >= 0.3 is 0 Å². The van der Waals surface area contributed by atoms with Gasteiger partial charge in [-0.1, -0.05) is 61.2 Å². The molecule has 0 aromatic rings. The Morgan fingerprint density at radius 3 is 1.52 bits per heavy atom. The fourth-order valence-electron chi connectivity index (χ4n) is 2.66. The lowest BCUT2D eigenvalue weighted by Crippen LogP contribution is -2.44. The van der Waals surface area contributed by atoms with Crippen molar-refractivity contribution in [3.8, 4) is 0 Å². The summed E-state index contributed by atoms with van der Waals surface area (Å²) in [5.41, 5.74) is 0. The number of rotatable bonds is 6. The van der Waals surface area contributed by atoms with Crippen LogP contribution in [0.4, 0.5) is 0 Å². The molecule has 2 rings (SSSR count). The van der Waals surface area contributed by atoms with Crippen LogP contribution in [0, 0.1) is 0 Å². The van der Waals surface area contributed by atoms with Crippen LogP contribution in [0.5, 0.6) is 0 Å². The average Bonchev–Trinajstić information content (AvgIpc) is 3.18. The summed E-state index contributed by atoms with van der Waals surface area (Å²) in [6.45, 7) is 24.1. The first-order valence-electron chi connectivity index (χ1n) is 11.3. The van der Waals surface area contributed by atoms with Crippen molar-refractivity contribution in [3.05, 3.63) is 0 Å². The van der Waals surface area contributed by atoms with Crippen LogP contribution in [0.3, 0.4) is 0 Å². The number of nitrogens with one attached hydrogen (secondary N) is 2. The second-order valence-electron chi connectivity index (χ2n) is 11.7. The molecule has 0 bridgehead atoms. The molecule has 2 fully saturated rings. The molecule has 0 aromatic carbocycles. The molecule has 184 valence electrons. The molecular formula is C23H50N2O3SSi2. The lowest BCUT2D eigenvalue weighted by atomic mass is 10.2. The molecule has 1 amide bonds. The summed E-state index contributed by atoms with van der Waals surface area (Å²) in [5, 5.41) is 6.79. The minimum Gasteiger partial charge on any atom is -0.415 e. The first-order valence-corrected chi connectivity index (χ1v) is 17.5. The average molecular weight is 491 g/mol. The first-order chi connectivity index (χ1) is 13.4. The molecule has 2 atom stereocenters. The van der Waals surface area contributed by atoms with Crippen LogP contribution < -0.4 is 10.6 Å². The van der Waals surface area contributed by atoms with Crippen LogP contribution in [0.1, 0.15) is 74.7 Å². The molecular weight excluding hydrogens is 441 g/mol. The van der Waals surface area contributed by atoms with Crippen LogP contribution in [0.15, 0.2) is 0 Å². The van der Waals surface area contributed by atoms with Crippen molar-refractivity contribution in [1.29, 1.82) is 0 Å². The summed E-state index contributed by atoms with van der Waals surface area (Å²) < 4.78 is 12.2. The zero-order valence-electron chi connectivity index (χ0n) is 21.0. The summed E-state index contributed by atoms with van der Waals surface area (Å²) in [6.07, 6.45) is 3.74. The monoisotopic (exact) mass is 490 g/mol. The van der Waals surface area contributed by atoms with E-state index < -0.39 is 16.6 Å². The van der Waals surface area contributed by atoms with Gasteiger partial charge in [0.15, 0.2) is 16.6 Å². The van der Waals surface area contributed by atoms with Crippen molar-refractivity contribution in [2.24, 2.45) is 0 Å². The number of hydrogen-bond acceptors (Lipinski definition) is 4. The maximum atomic E-state index is 11.0. The third-order valence-electron chi connectivity index (χ3n) is 7.07. The quantitative estimate of drug-likeness (QED) is 0.353. The van der Waals surface area contributed by atoms with E-state index in [0.717, 1.165) is 30.9 Å². The molecule has 8 heteroatoms. The molecule has 2 saturated heterocycles.